The lowest BCUT2D eigenvalue weighted by molar-refractivity contribution is -0.124. The highest BCUT2D eigenvalue weighted by Gasteiger charge is 2.07. The molecule has 0 saturated carbocycles. The van der Waals surface area contributed by atoms with E-state index in [1.807, 2.05) is 0 Å². The van der Waals surface area contributed by atoms with E-state index in [-0.39, 0.29) is 18.6 Å². The second-order valence-corrected chi connectivity index (χ2v) is 2.22. The number of hydrogen-bond acceptors (Lipinski definition) is 3. The molecule has 0 aliphatic carbocycles. The molecule has 0 rings (SSSR count). The van der Waals surface area contributed by atoms with Gasteiger partial charge in [-0.15, -0.1) is 0 Å². The lowest BCUT2D eigenvalue weighted by Crippen LogP contribution is -2.27. The van der Waals surface area contributed by atoms with Crippen LogP contribution in [0.3, 0.4) is 0 Å². The van der Waals surface area contributed by atoms with Crippen LogP contribution >= 0.6 is 0 Å². The molecule has 0 heterocycles. The number of carbonyl (C=O) groups is 2. The first-order valence-electron chi connectivity index (χ1n) is 3.10. The maximum atomic E-state index is 10.7. The first kappa shape index (κ1) is 9.10. The van der Waals surface area contributed by atoms with Gasteiger partial charge in [0.1, 0.15) is 5.78 Å². The Labute approximate surface area is 59.6 Å². The summed E-state index contributed by atoms with van der Waals surface area (Å²) in [6.45, 7) is 1.59. The van der Waals surface area contributed by atoms with Gasteiger partial charge in [0, 0.05) is 12.8 Å². The van der Waals surface area contributed by atoms with Gasteiger partial charge in [0.25, 0.3) is 0 Å². The highest BCUT2D eigenvalue weighted by molar-refractivity contribution is 5.87. The van der Waals surface area contributed by atoms with Gasteiger partial charge in [0.15, 0.2) is 0 Å². The minimum atomic E-state index is -0.487. The van der Waals surface area contributed by atoms with Gasteiger partial charge in [-0.2, -0.15) is 0 Å². The summed E-state index contributed by atoms with van der Waals surface area (Å²) < 4.78 is 0. The predicted octanol–water partition coefficient (Wildman–Crippen LogP) is -0.832. The Bertz CT molecular complexity index is 143. The molecule has 0 aliphatic rings. The molecule has 1 atom stereocenters. The lowest BCUT2D eigenvalue weighted by Gasteiger charge is -2.00. The van der Waals surface area contributed by atoms with Gasteiger partial charge in [-0.25, -0.2) is 0 Å². The van der Waals surface area contributed by atoms with Gasteiger partial charge in [-0.05, 0) is 6.92 Å². The van der Waals surface area contributed by atoms with Gasteiger partial charge < -0.3 is 11.5 Å². The molecule has 0 aromatic heterocycles. The third kappa shape index (κ3) is 4.03. The number of primary amides is 1. The molecule has 1 amide bonds. The molecule has 10 heavy (non-hydrogen) atoms. The van der Waals surface area contributed by atoms with Crippen molar-refractivity contribution in [1.82, 2.24) is 0 Å². The van der Waals surface area contributed by atoms with Crippen LogP contribution in [0, 0.1) is 0 Å². The molecular weight excluding hydrogens is 132 g/mol. The van der Waals surface area contributed by atoms with E-state index in [0.29, 0.717) is 0 Å². The average molecular weight is 144 g/mol. The fraction of sp³-hybridized carbons (Fsp3) is 0.667. The third-order valence-electron chi connectivity index (χ3n) is 1.13. The van der Waals surface area contributed by atoms with Crippen molar-refractivity contribution in [2.45, 2.75) is 25.8 Å². The molecule has 0 radical (unpaired) electrons. The summed E-state index contributed by atoms with van der Waals surface area (Å²) in [5.74, 6) is -0.590. The van der Waals surface area contributed by atoms with E-state index in [1.165, 1.54) is 0 Å². The van der Waals surface area contributed by atoms with E-state index in [9.17, 15) is 9.59 Å². The Kier molecular flexibility index (Phi) is 3.64. The average Bonchev–Trinajstić information content (AvgIpc) is 1.82. The molecular formula is C6H12N2O2. The molecule has 4 heteroatoms. The van der Waals surface area contributed by atoms with Crippen LogP contribution in [0.4, 0.5) is 0 Å². The third-order valence-corrected chi connectivity index (χ3v) is 1.13. The number of ketones is 1. The molecule has 4 nitrogen and oxygen atoms in total. The number of rotatable bonds is 4. The van der Waals surface area contributed by atoms with E-state index in [4.69, 9.17) is 11.5 Å². The molecule has 0 aromatic carbocycles. The van der Waals surface area contributed by atoms with E-state index in [0.717, 1.165) is 0 Å². The number of hydrogen-bond donors (Lipinski definition) is 2. The van der Waals surface area contributed by atoms with Gasteiger partial charge in [-0.1, -0.05) is 0 Å². The van der Waals surface area contributed by atoms with Crippen molar-refractivity contribution in [2.75, 3.05) is 0 Å². The summed E-state index contributed by atoms with van der Waals surface area (Å²) in [5.41, 5.74) is 10.0. The van der Waals surface area contributed by atoms with Crippen LogP contribution in [0.2, 0.25) is 0 Å². The Balaban J connectivity index is 3.50. The molecule has 0 spiro atoms. The monoisotopic (exact) mass is 144 g/mol. The van der Waals surface area contributed by atoms with Crippen LogP contribution in [0.25, 0.3) is 0 Å². The molecule has 0 aliphatic heterocycles. The molecule has 0 unspecified atom stereocenters. The van der Waals surface area contributed by atoms with Crippen LogP contribution < -0.4 is 11.5 Å². The normalized spacial score (nSPS) is 12.6. The van der Waals surface area contributed by atoms with Gasteiger partial charge >= 0.3 is 0 Å². The highest BCUT2D eigenvalue weighted by atomic mass is 16.1. The van der Waals surface area contributed by atoms with Crippen molar-refractivity contribution in [2.24, 2.45) is 11.5 Å². The maximum Gasteiger partial charge on any atom is 0.217 e. The smallest absolute Gasteiger partial charge is 0.217 e. The Morgan fingerprint density at radius 2 is 1.90 bits per heavy atom. The zero-order valence-electron chi connectivity index (χ0n) is 5.96. The maximum absolute atomic E-state index is 10.7. The fourth-order valence-electron chi connectivity index (χ4n) is 0.474. The zero-order valence-corrected chi connectivity index (χ0v) is 5.96. The number of amides is 1. The topological polar surface area (TPSA) is 86.2 Å². The minimum absolute atomic E-state index is 0.0976. The number of nitrogens with two attached hydrogens (primary N) is 2. The van der Waals surface area contributed by atoms with Crippen molar-refractivity contribution < 1.29 is 9.59 Å². The summed E-state index contributed by atoms with van der Waals surface area (Å²) in [7, 11) is 0. The van der Waals surface area contributed by atoms with Gasteiger partial charge in [-0.3, -0.25) is 9.59 Å². The Morgan fingerprint density at radius 3 is 2.20 bits per heavy atom. The second kappa shape index (κ2) is 4.00. The standard InChI is InChI=1S/C6H12N2O2/c1-4(7)5(9)2-3-6(8)10/h4H,2-3,7H2,1H3,(H2,8,10)/t4-/m1/s1. The van der Waals surface area contributed by atoms with Crippen LogP contribution in [0.1, 0.15) is 19.8 Å². The van der Waals surface area contributed by atoms with Crippen molar-refractivity contribution in [1.29, 1.82) is 0 Å². The van der Waals surface area contributed by atoms with E-state index >= 15 is 0 Å². The highest BCUT2D eigenvalue weighted by Crippen LogP contribution is 1.92. The van der Waals surface area contributed by atoms with Gasteiger partial charge in [0.05, 0.1) is 6.04 Å². The van der Waals surface area contributed by atoms with Crippen LogP contribution in [-0.2, 0) is 9.59 Å². The van der Waals surface area contributed by atoms with Crippen LogP contribution in [0.5, 0.6) is 0 Å². The Hall–Kier alpha value is -0.900. The SMILES string of the molecule is C[C@@H](N)C(=O)CCC(N)=O. The van der Waals surface area contributed by atoms with Crippen LogP contribution in [-0.4, -0.2) is 17.7 Å². The van der Waals surface area contributed by atoms with E-state index in [1.54, 1.807) is 6.92 Å². The van der Waals surface area contributed by atoms with Crippen molar-refractivity contribution in [3.8, 4) is 0 Å². The minimum Gasteiger partial charge on any atom is -0.370 e. The fourth-order valence-corrected chi connectivity index (χ4v) is 0.474. The zero-order chi connectivity index (χ0) is 8.15. The first-order chi connectivity index (χ1) is 4.54. The first-order valence-corrected chi connectivity index (χ1v) is 3.10. The summed E-state index contributed by atoms with van der Waals surface area (Å²) in [4.78, 5) is 20.9. The van der Waals surface area contributed by atoms with Crippen LogP contribution in [0.15, 0.2) is 0 Å². The van der Waals surface area contributed by atoms with E-state index in [2.05, 4.69) is 0 Å². The van der Waals surface area contributed by atoms with Crippen molar-refractivity contribution in [3.05, 3.63) is 0 Å². The van der Waals surface area contributed by atoms with E-state index < -0.39 is 11.9 Å². The Morgan fingerprint density at radius 1 is 1.40 bits per heavy atom. The summed E-state index contributed by atoms with van der Waals surface area (Å²) in [6.07, 6.45) is 0.257. The molecule has 0 fully saturated rings. The summed E-state index contributed by atoms with van der Waals surface area (Å²) in [6, 6.07) is -0.487. The predicted molar refractivity (Wildman–Crippen MR) is 37.1 cm³/mol. The van der Waals surface area contributed by atoms with Gasteiger partial charge in [0.2, 0.25) is 5.91 Å². The quantitative estimate of drug-likeness (QED) is 0.539. The number of Topliss-reactive ketones (excluding diaryl/α,β-unsaturated/α-hetero) is 1. The summed E-state index contributed by atoms with van der Waals surface area (Å²) >= 11 is 0. The molecule has 0 aromatic rings. The van der Waals surface area contributed by atoms with Crippen molar-refractivity contribution >= 4 is 11.7 Å². The largest absolute Gasteiger partial charge is 0.370 e. The second-order valence-electron chi connectivity index (χ2n) is 2.22. The lowest BCUT2D eigenvalue weighted by atomic mass is 10.1. The molecule has 58 valence electrons. The molecule has 0 bridgehead atoms. The van der Waals surface area contributed by atoms with Crippen molar-refractivity contribution in [3.63, 3.8) is 0 Å². The summed E-state index contributed by atoms with van der Waals surface area (Å²) in [5, 5.41) is 0. The molecule has 4 N–H and O–H groups in total. The molecule has 0 saturated heterocycles. The number of carbonyl (C=O) groups excluding carboxylic acids is 2.